The first-order valence-corrected chi connectivity index (χ1v) is 10.1. The van der Waals surface area contributed by atoms with Crippen molar-refractivity contribution >= 4 is 34.0 Å². The summed E-state index contributed by atoms with van der Waals surface area (Å²) >= 11 is 0. The van der Waals surface area contributed by atoms with Crippen LogP contribution >= 0.6 is 12.4 Å². The number of anilines is 1. The van der Waals surface area contributed by atoms with E-state index in [1.165, 1.54) is 12.1 Å². The summed E-state index contributed by atoms with van der Waals surface area (Å²) in [6, 6.07) is 13.2. The Bertz CT molecular complexity index is 879. The fourth-order valence-corrected chi connectivity index (χ4v) is 3.99. The highest BCUT2D eigenvalue weighted by atomic mass is 35.5. The molecule has 1 saturated heterocycles. The molecule has 0 radical (unpaired) electrons. The van der Waals surface area contributed by atoms with Gasteiger partial charge in [-0.05, 0) is 56.6 Å². The van der Waals surface area contributed by atoms with Gasteiger partial charge in [0.2, 0.25) is 0 Å². The van der Waals surface area contributed by atoms with E-state index in [2.05, 4.69) is 15.4 Å². The summed E-state index contributed by atoms with van der Waals surface area (Å²) in [5.74, 6) is -0.258. The maximum absolute atomic E-state index is 12.6. The van der Waals surface area contributed by atoms with Crippen LogP contribution in [-0.2, 0) is 10.0 Å². The van der Waals surface area contributed by atoms with Gasteiger partial charge in [0, 0.05) is 23.8 Å². The van der Waals surface area contributed by atoms with Crippen LogP contribution in [0.15, 0.2) is 53.4 Å². The third kappa shape index (κ3) is 5.69. The highest BCUT2D eigenvalue weighted by Crippen LogP contribution is 2.18. The number of hydrogen-bond acceptors (Lipinski definition) is 4. The lowest BCUT2D eigenvalue weighted by Gasteiger charge is -2.23. The van der Waals surface area contributed by atoms with Gasteiger partial charge in [0.25, 0.3) is 15.9 Å². The molecular weight excluding hydrogens is 386 g/mol. The van der Waals surface area contributed by atoms with Crippen molar-refractivity contribution in [1.82, 2.24) is 10.6 Å². The topological polar surface area (TPSA) is 87.3 Å². The molecule has 0 spiro atoms. The van der Waals surface area contributed by atoms with Crippen molar-refractivity contribution in [3.63, 3.8) is 0 Å². The van der Waals surface area contributed by atoms with E-state index in [1.54, 1.807) is 24.3 Å². The maximum atomic E-state index is 12.6. The number of rotatable bonds is 5. The minimum atomic E-state index is -3.76. The summed E-state index contributed by atoms with van der Waals surface area (Å²) in [6.07, 6.45) is 1.94. The number of carbonyl (C=O) groups is 1. The lowest BCUT2D eigenvalue weighted by atomic mass is 10.1. The van der Waals surface area contributed by atoms with Crippen LogP contribution in [0.25, 0.3) is 0 Å². The Hall–Kier alpha value is -2.09. The van der Waals surface area contributed by atoms with Crippen LogP contribution in [-0.4, -0.2) is 33.5 Å². The van der Waals surface area contributed by atoms with Crippen molar-refractivity contribution in [2.75, 3.05) is 17.8 Å². The van der Waals surface area contributed by atoms with Gasteiger partial charge in [-0.2, -0.15) is 0 Å². The van der Waals surface area contributed by atoms with E-state index in [0.717, 1.165) is 31.5 Å². The van der Waals surface area contributed by atoms with Gasteiger partial charge in [0.1, 0.15) is 0 Å². The van der Waals surface area contributed by atoms with Gasteiger partial charge in [0.05, 0.1) is 4.90 Å². The number of nitrogens with one attached hydrogen (secondary N) is 3. The highest BCUT2D eigenvalue weighted by molar-refractivity contribution is 7.92. The quantitative estimate of drug-likeness (QED) is 0.708. The predicted octanol–water partition coefficient (Wildman–Crippen LogP) is 2.70. The van der Waals surface area contributed by atoms with Gasteiger partial charge in [-0.3, -0.25) is 9.52 Å². The molecule has 27 heavy (non-hydrogen) atoms. The van der Waals surface area contributed by atoms with Gasteiger partial charge in [-0.1, -0.05) is 23.8 Å². The fourth-order valence-electron chi connectivity index (χ4n) is 2.88. The number of amides is 1. The SMILES string of the molecule is Cc1ccc(NS(=O)(=O)c2cccc(C(=O)NC3CCCNC3)c2)cc1.Cl. The zero-order valence-electron chi connectivity index (χ0n) is 15.1. The van der Waals surface area contributed by atoms with E-state index in [4.69, 9.17) is 0 Å². The van der Waals surface area contributed by atoms with Gasteiger partial charge in [-0.15, -0.1) is 12.4 Å². The monoisotopic (exact) mass is 409 g/mol. The minimum Gasteiger partial charge on any atom is -0.348 e. The molecule has 1 unspecified atom stereocenters. The zero-order chi connectivity index (χ0) is 18.6. The summed E-state index contributed by atoms with van der Waals surface area (Å²) in [6.45, 7) is 3.63. The molecule has 1 aliphatic heterocycles. The molecule has 6 nitrogen and oxygen atoms in total. The first-order chi connectivity index (χ1) is 12.4. The first kappa shape index (κ1) is 21.2. The summed E-state index contributed by atoms with van der Waals surface area (Å²) in [5.41, 5.74) is 1.87. The molecule has 0 bridgehead atoms. The Morgan fingerprint density at radius 2 is 1.89 bits per heavy atom. The van der Waals surface area contributed by atoms with E-state index < -0.39 is 10.0 Å². The summed E-state index contributed by atoms with van der Waals surface area (Å²) in [4.78, 5) is 12.5. The molecule has 2 aromatic carbocycles. The Morgan fingerprint density at radius 3 is 2.56 bits per heavy atom. The van der Waals surface area contributed by atoms with E-state index in [9.17, 15) is 13.2 Å². The maximum Gasteiger partial charge on any atom is 0.261 e. The zero-order valence-corrected chi connectivity index (χ0v) is 16.7. The average Bonchev–Trinajstić information content (AvgIpc) is 2.64. The second-order valence-electron chi connectivity index (χ2n) is 6.52. The van der Waals surface area contributed by atoms with E-state index >= 15 is 0 Å². The summed E-state index contributed by atoms with van der Waals surface area (Å²) < 4.78 is 27.7. The summed E-state index contributed by atoms with van der Waals surface area (Å²) in [5, 5.41) is 6.19. The van der Waals surface area contributed by atoms with Crippen molar-refractivity contribution in [2.45, 2.75) is 30.7 Å². The van der Waals surface area contributed by atoms with Crippen LogP contribution in [0.2, 0.25) is 0 Å². The van der Waals surface area contributed by atoms with Gasteiger partial charge < -0.3 is 10.6 Å². The van der Waals surface area contributed by atoms with Crippen LogP contribution < -0.4 is 15.4 Å². The molecule has 1 fully saturated rings. The number of carbonyl (C=O) groups excluding carboxylic acids is 1. The lowest BCUT2D eigenvalue weighted by molar-refractivity contribution is 0.0930. The van der Waals surface area contributed by atoms with Crippen LogP contribution in [0.3, 0.4) is 0 Å². The van der Waals surface area contributed by atoms with Crippen molar-refractivity contribution in [3.05, 3.63) is 59.7 Å². The van der Waals surface area contributed by atoms with E-state index in [-0.39, 0.29) is 29.3 Å². The number of piperidine rings is 1. The molecule has 2 aromatic rings. The number of hydrogen-bond donors (Lipinski definition) is 3. The predicted molar refractivity (Wildman–Crippen MR) is 109 cm³/mol. The molecular formula is C19H24ClN3O3S. The van der Waals surface area contributed by atoms with Crippen molar-refractivity contribution < 1.29 is 13.2 Å². The molecule has 0 saturated carbocycles. The van der Waals surface area contributed by atoms with Crippen LogP contribution in [0.5, 0.6) is 0 Å². The molecule has 146 valence electrons. The molecule has 1 heterocycles. The number of benzene rings is 2. The average molecular weight is 410 g/mol. The summed E-state index contributed by atoms with van der Waals surface area (Å²) in [7, 11) is -3.76. The fraction of sp³-hybridized carbons (Fsp3) is 0.316. The minimum absolute atomic E-state index is 0. The molecule has 1 atom stereocenters. The standard InChI is InChI=1S/C19H23N3O3S.ClH/c1-14-7-9-16(10-8-14)22-26(24,25)18-6-2-4-15(12-18)19(23)21-17-5-3-11-20-13-17;/h2,4,6-10,12,17,20,22H,3,5,11,13H2,1H3,(H,21,23);1H. The van der Waals surface area contributed by atoms with Crippen molar-refractivity contribution in [1.29, 1.82) is 0 Å². The highest BCUT2D eigenvalue weighted by Gasteiger charge is 2.19. The van der Waals surface area contributed by atoms with E-state index in [0.29, 0.717) is 11.3 Å². The number of sulfonamides is 1. The Labute approximate surface area is 166 Å². The number of aryl methyl sites for hydroxylation is 1. The van der Waals surface area contributed by atoms with Crippen LogP contribution in [0, 0.1) is 6.92 Å². The Balaban J connectivity index is 0.00000261. The Morgan fingerprint density at radius 1 is 1.15 bits per heavy atom. The Kier molecular flexibility index (Phi) is 7.24. The van der Waals surface area contributed by atoms with Crippen molar-refractivity contribution in [3.8, 4) is 0 Å². The van der Waals surface area contributed by atoms with Gasteiger partial charge in [-0.25, -0.2) is 8.42 Å². The molecule has 3 N–H and O–H groups in total. The van der Waals surface area contributed by atoms with Gasteiger partial charge in [0.15, 0.2) is 0 Å². The largest absolute Gasteiger partial charge is 0.348 e. The lowest BCUT2D eigenvalue weighted by Crippen LogP contribution is -2.45. The molecule has 8 heteroatoms. The van der Waals surface area contributed by atoms with Gasteiger partial charge >= 0.3 is 0 Å². The van der Waals surface area contributed by atoms with Crippen molar-refractivity contribution in [2.24, 2.45) is 0 Å². The normalized spacial score (nSPS) is 16.9. The van der Waals surface area contributed by atoms with E-state index in [1.807, 2.05) is 19.1 Å². The third-order valence-electron chi connectivity index (χ3n) is 4.34. The van der Waals surface area contributed by atoms with Crippen LogP contribution in [0.4, 0.5) is 5.69 Å². The molecule has 3 rings (SSSR count). The third-order valence-corrected chi connectivity index (χ3v) is 5.72. The van der Waals surface area contributed by atoms with Crippen LogP contribution in [0.1, 0.15) is 28.8 Å². The number of halogens is 1. The first-order valence-electron chi connectivity index (χ1n) is 8.65. The molecule has 1 aliphatic rings. The second kappa shape index (κ2) is 9.21. The smallest absolute Gasteiger partial charge is 0.261 e. The molecule has 0 aliphatic carbocycles. The molecule has 1 amide bonds. The molecule has 0 aromatic heterocycles. The second-order valence-corrected chi connectivity index (χ2v) is 8.20.